The Morgan fingerprint density at radius 3 is 2.52 bits per heavy atom. The van der Waals surface area contributed by atoms with Crippen LogP contribution in [-0.2, 0) is 9.53 Å². The number of rotatable bonds is 6. The van der Waals surface area contributed by atoms with Crippen LogP contribution in [0, 0.1) is 12.7 Å². The van der Waals surface area contributed by atoms with Crippen LogP contribution >= 0.6 is 11.3 Å². The van der Waals surface area contributed by atoms with Gasteiger partial charge in [0.25, 0.3) is 5.91 Å². The van der Waals surface area contributed by atoms with Crippen LogP contribution in [-0.4, -0.2) is 29.0 Å². The first-order chi connectivity index (χ1) is 11.7. The largest absolute Gasteiger partial charge is 0.451 e. The second-order valence-corrected chi connectivity index (χ2v) is 7.30. The predicted octanol–water partition coefficient (Wildman–Crippen LogP) is 3.72. The van der Waals surface area contributed by atoms with Crippen molar-refractivity contribution in [3.8, 4) is 10.6 Å². The van der Waals surface area contributed by atoms with E-state index in [1.165, 1.54) is 12.1 Å². The normalized spacial score (nSPS) is 11.2. The minimum absolute atomic E-state index is 0.335. The van der Waals surface area contributed by atoms with Gasteiger partial charge in [-0.2, -0.15) is 0 Å². The summed E-state index contributed by atoms with van der Waals surface area (Å²) in [6, 6.07) is 5.87. The standard InChI is InChI=1S/C18H21FN2O3S/c1-5-18(3,4)21-14(22)10-24-17(23)15-11(2)20-16(25-15)12-6-8-13(19)9-7-12/h6-9H,5,10H2,1-4H3,(H,21,22). The Balaban J connectivity index is 2.03. The highest BCUT2D eigenvalue weighted by molar-refractivity contribution is 7.17. The molecule has 0 radical (unpaired) electrons. The van der Waals surface area contributed by atoms with E-state index in [1.807, 2.05) is 20.8 Å². The van der Waals surface area contributed by atoms with Gasteiger partial charge in [0.1, 0.15) is 15.7 Å². The molecule has 0 saturated carbocycles. The molecule has 134 valence electrons. The summed E-state index contributed by atoms with van der Waals surface area (Å²) in [6.07, 6.45) is 0.766. The van der Waals surface area contributed by atoms with Crippen LogP contribution in [0.25, 0.3) is 10.6 Å². The smallest absolute Gasteiger partial charge is 0.350 e. The molecule has 2 aromatic rings. The third-order valence-electron chi connectivity index (χ3n) is 3.77. The molecule has 2 rings (SSSR count). The number of thiazole rings is 1. The fraction of sp³-hybridized carbons (Fsp3) is 0.389. The lowest BCUT2D eigenvalue weighted by molar-refractivity contribution is -0.125. The van der Waals surface area contributed by atoms with Crippen molar-refractivity contribution in [1.29, 1.82) is 0 Å². The molecule has 0 aliphatic carbocycles. The van der Waals surface area contributed by atoms with E-state index in [4.69, 9.17) is 4.74 Å². The van der Waals surface area contributed by atoms with Gasteiger partial charge in [-0.05, 0) is 51.5 Å². The molecule has 0 fully saturated rings. The first kappa shape index (κ1) is 19.1. The first-order valence-electron chi connectivity index (χ1n) is 7.93. The second kappa shape index (κ2) is 7.74. The number of amides is 1. The summed E-state index contributed by atoms with van der Waals surface area (Å²) in [5.74, 6) is -1.27. The maximum Gasteiger partial charge on any atom is 0.350 e. The molecule has 0 atom stereocenters. The van der Waals surface area contributed by atoms with Crippen molar-refractivity contribution >= 4 is 23.2 Å². The summed E-state index contributed by atoms with van der Waals surface area (Å²) >= 11 is 1.16. The van der Waals surface area contributed by atoms with Crippen molar-refractivity contribution < 1.29 is 18.7 Å². The number of halogens is 1. The molecular formula is C18H21FN2O3S. The van der Waals surface area contributed by atoms with Gasteiger partial charge in [0.05, 0.1) is 5.69 Å². The molecule has 0 aliphatic heterocycles. The van der Waals surface area contributed by atoms with Gasteiger partial charge < -0.3 is 10.1 Å². The quantitative estimate of drug-likeness (QED) is 0.793. The molecule has 25 heavy (non-hydrogen) atoms. The fourth-order valence-electron chi connectivity index (χ4n) is 2.00. The molecule has 7 heteroatoms. The van der Waals surface area contributed by atoms with Gasteiger partial charge >= 0.3 is 5.97 Å². The van der Waals surface area contributed by atoms with E-state index in [-0.39, 0.29) is 23.9 Å². The molecule has 5 nitrogen and oxygen atoms in total. The molecule has 1 amide bonds. The lowest BCUT2D eigenvalue weighted by Crippen LogP contribution is -2.44. The summed E-state index contributed by atoms with van der Waals surface area (Å²) < 4.78 is 18.1. The van der Waals surface area contributed by atoms with E-state index >= 15 is 0 Å². The van der Waals surface area contributed by atoms with Gasteiger partial charge in [0.2, 0.25) is 0 Å². The monoisotopic (exact) mass is 364 g/mol. The van der Waals surface area contributed by atoms with Crippen LogP contribution in [0.15, 0.2) is 24.3 Å². The minimum atomic E-state index is -0.590. The van der Waals surface area contributed by atoms with Crippen molar-refractivity contribution in [1.82, 2.24) is 10.3 Å². The average molecular weight is 364 g/mol. The Morgan fingerprint density at radius 2 is 1.92 bits per heavy atom. The van der Waals surface area contributed by atoms with Crippen molar-refractivity contribution in [2.45, 2.75) is 39.7 Å². The van der Waals surface area contributed by atoms with Crippen molar-refractivity contribution in [3.63, 3.8) is 0 Å². The number of esters is 1. The summed E-state index contributed by atoms with van der Waals surface area (Å²) in [6.45, 7) is 7.11. The molecule has 0 saturated heterocycles. The summed E-state index contributed by atoms with van der Waals surface area (Å²) in [7, 11) is 0. The number of nitrogens with one attached hydrogen (secondary N) is 1. The molecule has 0 bridgehead atoms. The molecule has 1 heterocycles. The number of hydrogen-bond acceptors (Lipinski definition) is 5. The highest BCUT2D eigenvalue weighted by atomic mass is 32.1. The molecular weight excluding hydrogens is 343 g/mol. The van der Waals surface area contributed by atoms with Crippen LogP contribution in [0.5, 0.6) is 0 Å². The molecule has 0 unspecified atom stereocenters. The van der Waals surface area contributed by atoms with Crippen LogP contribution < -0.4 is 5.32 Å². The van der Waals surface area contributed by atoms with Crippen molar-refractivity contribution in [2.24, 2.45) is 0 Å². The van der Waals surface area contributed by atoms with E-state index in [9.17, 15) is 14.0 Å². The Bertz CT molecular complexity index is 769. The number of ether oxygens (including phenoxy) is 1. The molecule has 1 aromatic carbocycles. The van der Waals surface area contributed by atoms with Crippen LogP contribution in [0.3, 0.4) is 0 Å². The molecule has 1 N–H and O–H groups in total. The number of hydrogen-bond donors (Lipinski definition) is 1. The SMILES string of the molecule is CCC(C)(C)NC(=O)COC(=O)c1sc(-c2ccc(F)cc2)nc1C. The van der Waals surface area contributed by atoms with Gasteiger partial charge in [0.15, 0.2) is 6.61 Å². The van der Waals surface area contributed by atoms with Gasteiger partial charge in [-0.15, -0.1) is 11.3 Å². The molecule has 1 aromatic heterocycles. The zero-order valence-corrected chi connectivity index (χ0v) is 15.5. The zero-order valence-electron chi connectivity index (χ0n) is 14.7. The summed E-state index contributed by atoms with van der Waals surface area (Å²) in [5, 5.41) is 3.40. The van der Waals surface area contributed by atoms with Crippen molar-refractivity contribution in [2.75, 3.05) is 6.61 Å². The van der Waals surface area contributed by atoms with Gasteiger partial charge in [-0.1, -0.05) is 6.92 Å². The lowest BCUT2D eigenvalue weighted by Gasteiger charge is -2.24. The van der Waals surface area contributed by atoms with E-state index in [0.717, 1.165) is 23.3 Å². The Kier molecular flexibility index (Phi) is 5.89. The van der Waals surface area contributed by atoms with Gasteiger partial charge in [-0.25, -0.2) is 14.2 Å². The Labute approximate surface area is 150 Å². The number of aryl methyl sites for hydroxylation is 1. The third-order valence-corrected chi connectivity index (χ3v) is 4.96. The highest BCUT2D eigenvalue weighted by Gasteiger charge is 2.21. The summed E-state index contributed by atoms with van der Waals surface area (Å²) in [4.78, 5) is 28.7. The van der Waals surface area contributed by atoms with E-state index in [0.29, 0.717) is 15.6 Å². The number of nitrogens with zero attached hydrogens (tertiary/aromatic N) is 1. The van der Waals surface area contributed by atoms with Crippen molar-refractivity contribution in [3.05, 3.63) is 40.7 Å². The maximum atomic E-state index is 13.0. The maximum absolute atomic E-state index is 13.0. The van der Waals surface area contributed by atoms with Gasteiger partial charge in [-0.3, -0.25) is 4.79 Å². The van der Waals surface area contributed by atoms with E-state index in [2.05, 4.69) is 10.3 Å². The topological polar surface area (TPSA) is 68.3 Å². The first-order valence-corrected chi connectivity index (χ1v) is 8.75. The van der Waals surface area contributed by atoms with E-state index < -0.39 is 5.97 Å². The second-order valence-electron chi connectivity index (χ2n) is 6.30. The Hall–Kier alpha value is -2.28. The number of carbonyl (C=O) groups excluding carboxylic acids is 2. The van der Waals surface area contributed by atoms with Crippen LogP contribution in [0.4, 0.5) is 4.39 Å². The number of carbonyl (C=O) groups is 2. The fourth-order valence-corrected chi connectivity index (χ4v) is 2.97. The zero-order chi connectivity index (χ0) is 18.6. The molecule has 0 spiro atoms. The minimum Gasteiger partial charge on any atom is -0.451 e. The number of aromatic nitrogens is 1. The predicted molar refractivity (Wildman–Crippen MR) is 95.0 cm³/mol. The molecule has 0 aliphatic rings. The summed E-state index contributed by atoms with van der Waals surface area (Å²) in [5.41, 5.74) is 0.888. The van der Waals surface area contributed by atoms with Crippen LogP contribution in [0.1, 0.15) is 42.6 Å². The van der Waals surface area contributed by atoms with Gasteiger partial charge in [0, 0.05) is 11.1 Å². The third kappa shape index (κ3) is 5.09. The number of benzene rings is 1. The Morgan fingerprint density at radius 1 is 1.28 bits per heavy atom. The lowest BCUT2D eigenvalue weighted by atomic mass is 10.0. The van der Waals surface area contributed by atoms with E-state index in [1.54, 1.807) is 19.1 Å². The average Bonchev–Trinajstić information content (AvgIpc) is 2.95. The van der Waals surface area contributed by atoms with Crippen LogP contribution in [0.2, 0.25) is 0 Å². The highest BCUT2D eigenvalue weighted by Crippen LogP contribution is 2.28.